The predicted octanol–water partition coefficient (Wildman–Crippen LogP) is 10.1. The fraction of sp³-hybridized carbons (Fsp3) is 0.405. The molecule has 0 atom stereocenters. The van der Waals surface area contributed by atoms with Crippen LogP contribution in [0.4, 0.5) is 18.9 Å². The van der Waals surface area contributed by atoms with Crippen LogP contribution >= 0.6 is 0 Å². The summed E-state index contributed by atoms with van der Waals surface area (Å²) >= 11 is 0. The quantitative estimate of drug-likeness (QED) is 0.212. The van der Waals surface area contributed by atoms with Crippen molar-refractivity contribution in [3.63, 3.8) is 0 Å². The van der Waals surface area contributed by atoms with E-state index in [9.17, 15) is 18.0 Å². The summed E-state index contributed by atoms with van der Waals surface area (Å²) in [7, 11) is 1.45. The summed E-state index contributed by atoms with van der Waals surface area (Å²) in [5.41, 5.74) is 5.60. The second-order valence-corrected chi connectivity index (χ2v) is 10.5. The van der Waals surface area contributed by atoms with Crippen LogP contribution in [0.1, 0.15) is 86.8 Å². The zero-order valence-corrected chi connectivity index (χ0v) is 28.5. The van der Waals surface area contributed by atoms with E-state index in [1.54, 1.807) is 6.92 Å². The number of nitrogens with one attached hydrogen (secondary N) is 1. The Labute approximate surface area is 266 Å². The highest BCUT2D eigenvalue weighted by molar-refractivity contribution is 5.99. The highest BCUT2D eigenvalue weighted by Gasteiger charge is 2.31. The molecule has 1 amide bonds. The lowest BCUT2D eigenvalue weighted by Gasteiger charge is -2.30. The number of carbonyl (C=O) groups is 1. The minimum absolute atomic E-state index is 0.0301. The Hall–Kier alpha value is -4.07. The molecule has 0 saturated carbocycles. The van der Waals surface area contributed by atoms with Crippen molar-refractivity contribution in [3.8, 4) is 17.0 Å². The molecule has 244 valence electrons. The minimum atomic E-state index is -4.48. The van der Waals surface area contributed by atoms with Gasteiger partial charge in [-0.1, -0.05) is 63.6 Å². The standard InChI is InChI=1S/C33H36F3N3O2.2C2H6/c1-8-39(19(2)3)30-16-24(23-11-9-20(4)10-12-23)15-27(21(30)5)31(40)37-18-29-26-14-13-25(33(34,35)36)17-28(26)22(6)38-32(29)41-7;2*1-2/h9-17,19H,8,18H2,1-7H3,(H,37,40);2*1-2H3. The van der Waals surface area contributed by atoms with Crippen molar-refractivity contribution in [2.75, 3.05) is 18.6 Å². The number of carbonyl (C=O) groups excluding carboxylic acids is 1. The van der Waals surface area contributed by atoms with E-state index in [2.05, 4.69) is 42.0 Å². The molecule has 4 rings (SSSR count). The Morgan fingerprint density at radius 1 is 0.911 bits per heavy atom. The lowest BCUT2D eigenvalue weighted by Crippen LogP contribution is -2.32. The molecule has 0 aliphatic rings. The first-order chi connectivity index (χ1) is 21.3. The highest BCUT2D eigenvalue weighted by Crippen LogP contribution is 2.36. The topological polar surface area (TPSA) is 54.5 Å². The first-order valence-corrected chi connectivity index (χ1v) is 15.7. The average Bonchev–Trinajstić information content (AvgIpc) is 3.03. The molecule has 0 saturated heterocycles. The number of ether oxygens (including phenoxy) is 1. The molecule has 0 unspecified atom stereocenters. The fourth-order valence-corrected chi connectivity index (χ4v) is 5.24. The third-order valence-corrected chi connectivity index (χ3v) is 7.49. The number of pyridine rings is 1. The molecule has 4 aromatic rings. The molecule has 0 fully saturated rings. The number of aromatic nitrogens is 1. The van der Waals surface area contributed by atoms with Gasteiger partial charge in [0.05, 0.1) is 12.7 Å². The zero-order chi connectivity index (χ0) is 34.1. The van der Waals surface area contributed by atoms with Crippen LogP contribution in [0.15, 0.2) is 54.6 Å². The van der Waals surface area contributed by atoms with Gasteiger partial charge in [0, 0.05) is 47.0 Å². The van der Waals surface area contributed by atoms with Crippen LogP contribution in [0.25, 0.3) is 21.9 Å². The summed E-state index contributed by atoms with van der Waals surface area (Å²) in [5.74, 6) is -0.0296. The van der Waals surface area contributed by atoms with E-state index < -0.39 is 11.7 Å². The zero-order valence-electron chi connectivity index (χ0n) is 28.5. The van der Waals surface area contributed by atoms with E-state index >= 15 is 0 Å². The molecule has 1 heterocycles. The number of fused-ring (bicyclic) bond motifs is 1. The summed E-state index contributed by atoms with van der Waals surface area (Å²) in [5, 5.41) is 3.90. The number of amides is 1. The molecule has 1 aromatic heterocycles. The molecule has 8 heteroatoms. The van der Waals surface area contributed by atoms with Crippen LogP contribution in [0.5, 0.6) is 5.88 Å². The van der Waals surface area contributed by atoms with Crippen molar-refractivity contribution >= 4 is 22.4 Å². The van der Waals surface area contributed by atoms with Crippen molar-refractivity contribution in [2.45, 2.75) is 88.0 Å². The maximum Gasteiger partial charge on any atom is 0.416 e. The van der Waals surface area contributed by atoms with Crippen LogP contribution in [-0.2, 0) is 12.7 Å². The molecule has 0 radical (unpaired) electrons. The van der Waals surface area contributed by atoms with Gasteiger partial charge in [-0.2, -0.15) is 13.2 Å². The van der Waals surface area contributed by atoms with Crippen molar-refractivity contribution in [1.29, 1.82) is 0 Å². The summed E-state index contributed by atoms with van der Waals surface area (Å²) in [6.07, 6.45) is -4.48. The monoisotopic (exact) mass is 623 g/mol. The van der Waals surface area contributed by atoms with Gasteiger partial charge in [0.15, 0.2) is 0 Å². The normalized spacial score (nSPS) is 10.9. The Balaban J connectivity index is 0.00000169. The van der Waals surface area contributed by atoms with Crippen LogP contribution in [0, 0.1) is 20.8 Å². The molecule has 0 aliphatic carbocycles. The number of rotatable bonds is 8. The van der Waals surface area contributed by atoms with Crippen LogP contribution in [0.3, 0.4) is 0 Å². The Kier molecular flexibility index (Phi) is 13.4. The van der Waals surface area contributed by atoms with Gasteiger partial charge in [-0.25, -0.2) is 4.98 Å². The van der Waals surface area contributed by atoms with Crippen LogP contribution in [-0.4, -0.2) is 30.6 Å². The van der Waals surface area contributed by atoms with Gasteiger partial charge >= 0.3 is 6.18 Å². The molecule has 1 N–H and O–H groups in total. The van der Waals surface area contributed by atoms with Gasteiger partial charge in [0.25, 0.3) is 5.91 Å². The summed E-state index contributed by atoms with van der Waals surface area (Å²) in [6.45, 7) is 20.7. The number of hydrogen-bond acceptors (Lipinski definition) is 4. The molecule has 5 nitrogen and oxygen atoms in total. The molecule has 0 aliphatic heterocycles. The van der Waals surface area contributed by atoms with E-state index in [0.29, 0.717) is 27.6 Å². The summed E-state index contributed by atoms with van der Waals surface area (Å²) in [4.78, 5) is 20.4. The molecule has 0 bridgehead atoms. The van der Waals surface area contributed by atoms with E-state index in [0.717, 1.165) is 46.6 Å². The minimum Gasteiger partial charge on any atom is -0.481 e. The molecular weight excluding hydrogens is 575 g/mol. The third-order valence-electron chi connectivity index (χ3n) is 7.49. The summed E-state index contributed by atoms with van der Waals surface area (Å²) in [6, 6.07) is 16.0. The highest BCUT2D eigenvalue weighted by atomic mass is 19.4. The SMILES string of the molecule is CC.CC.CCN(c1cc(-c2ccc(C)cc2)cc(C(=O)NCc2c(OC)nc(C)c3cc(C(F)(F)F)ccc23)c1C)C(C)C. The number of nitrogens with zero attached hydrogens (tertiary/aromatic N) is 2. The molecule has 3 aromatic carbocycles. The Morgan fingerprint density at radius 2 is 1.53 bits per heavy atom. The van der Waals surface area contributed by atoms with Crippen molar-refractivity contribution in [2.24, 2.45) is 0 Å². The number of alkyl halides is 3. The van der Waals surface area contributed by atoms with Gasteiger partial charge in [-0.05, 0) is 87.9 Å². The molecular formula is C37H48F3N3O2. The number of benzene rings is 3. The number of aryl methyl sites for hydroxylation is 2. The van der Waals surface area contributed by atoms with E-state index in [1.807, 2.05) is 71.9 Å². The lowest BCUT2D eigenvalue weighted by molar-refractivity contribution is -0.137. The second kappa shape index (κ2) is 16.3. The van der Waals surface area contributed by atoms with Gasteiger partial charge in [0.1, 0.15) is 0 Å². The number of methoxy groups -OCH3 is 1. The maximum absolute atomic E-state index is 13.8. The van der Waals surface area contributed by atoms with E-state index in [4.69, 9.17) is 4.74 Å². The number of hydrogen-bond donors (Lipinski definition) is 1. The van der Waals surface area contributed by atoms with Gasteiger partial charge in [-0.3, -0.25) is 4.79 Å². The largest absolute Gasteiger partial charge is 0.481 e. The van der Waals surface area contributed by atoms with E-state index in [1.165, 1.54) is 13.2 Å². The van der Waals surface area contributed by atoms with E-state index in [-0.39, 0.29) is 24.4 Å². The smallest absolute Gasteiger partial charge is 0.416 e. The van der Waals surface area contributed by atoms with Crippen LogP contribution in [0.2, 0.25) is 0 Å². The van der Waals surface area contributed by atoms with Crippen molar-refractivity contribution in [1.82, 2.24) is 10.3 Å². The molecule has 0 spiro atoms. The molecule has 45 heavy (non-hydrogen) atoms. The van der Waals surface area contributed by atoms with Crippen molar-refractivity contribution in [3.05, 3.63) is 88.1 Å². The second-order valence-electron chi connectivity index (χ2n) is 10.5. The Bertz CT molecular complexity index is 1580. The van der Waals surface area contributed by atoms with Gasteiger partial charge in [-0.15, -0.1) is 0 Å². The fourth-order valence-electron chi connectivity index (χ4n) is 5.24. The average molecular weight is 624 g/mol. The predicted molar refractivity (Wildman–Crippen MR) is 181 cm³/mol. The first kappa shape index (κ1) is 37.1. The van der Waals surface area contributed by atoms with Crippen LogP contribution < -0.4 is 15.0 Å². The van der Waals surface area contributed by atoms with Gasteiger partial charge in [0.2, 0.25) is 5.88 Å². The van der Waals surface area contributed by atoms with Crippen molar-refractivity contribution < 1.29 is 22.7 Å². The lowest BCUT2D eigenvalue weighted by atomic mass is 9.95. The maximum atomic E-state index is 13.8. The summed E-state index contributed by atoms with van der Waals surface area (Å²) < 4.78 is 45.7. The van der Waals surface area contributed by atoms with Gasteiger partial charge < -0.3 is 15.0 Å². The Morgan fingerprint density at radius 3 is 2.07 bits per heavy atom. The number of anilines is 1. The first-order valence-electron chi connectivity index (χ1n) is 15.7. The number of halogens is 3. The third kappa shape index (κ3) is 8.56.